The topological polar surface area (TPSA) is 35.6 Å². The van der Waals surface area contributed by atoms with Gasteiger partial charge in [0.05, 0.1) is 39.0 Å². The molecule has 0 amide bonds. The molecular weight excluding hydrogens is 845 g/mol. The zero-order valence-electron chi connectivity index (χ0n) is 37.1. The fourth-order valence-corrected chi connectivity index (χ4v) is 12.2. The molecule has 4 aromatic heterocycles. The second-order valence-electron chi connectivity index (χ2n) is 17.8. The van der Waals surface area contributed by atoms with E-state index in [4.69, 9.17) is 9.97 Å². The van der Waals surface area contributed by atoms with E-state index in [2.05, 4.69) is 229 Å². The minimum Gasteiger partial charge on any atom is -0.309 e. The first-order valence-electron chi connectivity index (χ1n) is 23.1. The number of hydrogen-bond donors (Lipinski definition) is 0. The molecule has 0 aliphatic carbocycles. The van der Waals surface area contributed by atoms with E-state index in [9.17, 15) is 0 Å². The third-order valence-corrected chi connectivity index (χ3v) is 15.1. The van der Waals surface area contributed by atoms with E-state index >= 15 is 0 Å². The van der Waals surface area contributed by atoms with Gasteiger partial charge in [0.1, 0.15) is 0 Å². The lowest BCUT2D eigenvalue weighted by molar-refractivity contribution is 1.15. The summed E-state index contributed by atoms with van der Waals surface area (Å²) in [5.74, 6) is 0.667. The third kappa shape index (κ3) is 5.66. The molecule has 0 aliphatic rings. The Morgan fingerprint density at radius 2 is 1.19 bits per heavy atom. The molecule has 14 rings (SSSR count). The summed E-state index contributed by atoms with van der Waals surface area (Å²) < 4.78 is 7.42. The monoisotopic (exact) mass is 884 g/mol. The van der Waals surface area contributed by atoms with Gasteiger partial charge in [-0.3, -0.25) is 0 Å². The maximum Gasteiger partial charge on any atom is 0.161 e. The van der Waals surface area contributed by atoms with Crippen LogP contribution in [0.2, 0.25) is 0 Å². The molecule has 0 N–H and O–H groups in total. The fraction of sp³-hybridized carbons (Fsp3) is 0.0159. The molecule has 0 spiro atoms. The molecule has 5 heteroatoms. The number of aromatic nitrogens is 4. The molecule has 318 valence electrons. The Labute approximate surface area is 395 Å². The van der Waals surface area contributed by atoms with E-state index in [0.717, 1.165) is 61.3 Å². The first-order valence-corrected chi connectivity index (χ1v) is 23.9. The summed E-state index contributed by atoms with van der Waals surface area (Å²) in [5.41, 5.74) is 13.0. The standard InChI is InChI=1S/C63H40N4S/c1-3-16-45(63-64-52-25-10-6-21-46(52)62(65-63)49-24-15-30-59-61(49)48-23-9-13-29-58(48)68-59)42-33-32-41(35-38(42)2)66-53-26-11-7-20-44(53)51-36-40-18-14-28-55(50(40)37-57(51)66)67-54-27-12-8-22-47(54)60-43-19-5-4-17-39(43)31-34-56(60)67/h3-37H,1H2,2H3/b45-16+. The highest BCUT2D eigenvalue weighted by Crippen LogP contribution is 2.44. The Morgan fingerprint density at radius 1 is 0.485 bits per heavy atom. The predicted molar refractivity (Wildman–Crippen MR) is 290 cm³/mol. The lowest BCUT2D eigenvalue weighted by atomic mass is 9.97. The lowest BCUT2D eigenvalue weighted by Gasteiger charge is -2.16. The summed E-state index contributed by atoms with van der Waals surface area (Å²) in [7, 11) is 0. The largest absolute Gasteiger partial charge is 0.309 e. The lowest BCUT2D eigenvalue weighted by Crippen LogP contribution is -2.02. The van der Waals surface area contributed by atoms with Gasteiger partial charge in [-0.1, -0.05) is 152 Å². The highest BCUT2D eigenvalue weighted by atomic mass is 32.1. The Bertz CT molecular complexity index is 4480. The minimum atomic E-state index is 0.667. The van der Waals surface area contributed by atoms with Crippen molar-refractivity contribution in [3.63, 3.8) is 0 Å². The van der Waals surface area contributed by atoms with Gasteiger partial charge in [0.15, 0.2) is 5.82 Å². The number of benzene rings is 10. The molecule has 0 saturated heterocycles. The van der Waals surface area contributed by atoms with Crippen LogP contribution in [0.4, 0.5) is 0 Å². The number of hydrogen-bond acceptors (Lipinski definition) is 3. The van der Waals surface area contributed by atoms with Crippen LogP contribution in [0.5, 0.6) is 0 Å². The second-order valence-corrected chi connectivity index (χ2v) is 18.8. The summed E-state index contributed by atoms with van der Waals surface area (Å²) in [6.07, 6.45) is 3.91. The van der Waals surface area contributed by atoms with Crippen LogP contribution < -0.4 is 0 Å². The molecule has 4 nitrogen and oxygen atoms in total. The SMILES string of the molecule is C=C/C=C(/c1nc(-c2cccc3sc4ccccc4c23)c2ccccc2n1)c1ccc(-n2c3ccccc3c3cc4cccc(-n5c6ccccc6c6c7ccccc7ccc65)c4cc32)cc1C. The zero-order valence-corrected chi connectivity index (χ0v) is 37.9. The van der Waals surface area contributed by atoms with Gasteiger partial charge < -0.3 is 9.13 Å². The van der Waals surface area contributed by atoms with Gasteiger partial charge in [0.25, 0.3) is 0 Å². The van der Waals surface area contributed by atoms with Crippen molar-refractivity contribution < 1.29 is 0 Å². The number of nitrogens with zero attached hydrogens (tertiary/aromatic N) is 4. The average Bonchev–Trinajstić information content (AvgIpc) is 4.05. The molecule has 0 atom stereocenters. The molecule has 4 heterocycles. The molecule has 68 heavy (non-hydrogen) atoms. The number of aryl methyl sites for hydroxylation is 1. The Balaban J connectivity index is 0.952. The van der Waals surface area contributed by atoms with Crippen LogP contribution >= 0.6 is 11.3 Å². The fourth-order valence-electron chi connectivity index (χ4n) is 11.1. The molecule has 0 unspecified atom stereocenters. The minimum absolute atomic E-state index is 0.667. The van der Waals surface area contributed by atoms with Gasteiger partial charge in [-0.25, -0.2) is 9.97 Å². The smallest absolute Gasteiger partial charge is 0.161 e. The first kappa shape index (κ1) is 38.6. The summed E-state index contributed by atoms with van der Waals surface area (Å²) in [5, 5.41) is 13.4. The van der Waals surface area contributed by atoms with E-state index in [0.29, 0.717) is 5.82 Å². The Kier molecular flexibility index (Phi) is 8.48. The van der Waals surface area contributed by atoms with Crippen LogP contribution in [0.3, 0.4) is 0 Å². The zero-order chi connectivity index (χ0) is 45.0. The molecule has 10 aromatic carbocycles. The van der Waals surface area contributed by atoms with Crippen LogP contribution in [-0.2, 0) is 0 Å². The highest BCUT2D eigenvalue weighted by molar-refractivity contribution is 7.25. The van der Waals surface area contributed by atoms with Crippen molar-refractivity contribution in [2.75, 3.05) is 0 Å². The second kappa shape index (κ2) is 14.9. The molecule has 0 fully saturated rings. The number of fused-ring (bicyclic) bond motifs is 13. The van der Waals surface area contributed by atoms with Gasteiger partial charge in [0, 0.05) is 69.3 Å². The van der Waals surface area contributed by atoms with Crippen LogP contribution in [0.25, 0.3) is 124 Å². The molecule has 0 bridgehead atoms. The number of thiophene rings is 1. The third-order valence-electron chi connectivity index (χ3n) is 14.0. The van der Waals surface area contributed by atoms with Gasteiger partial charge >= 0.3 is 0 Å². The summed E-state index contributed by atoms with van der Waals surface area (Å²) >= 11 is 1.82. The van der Waals surface area contributed by atoms with Gasteiger partial charge in [-0.15, -0.1) is 11.3 Å². The number of rotatable bonds is 6. The first-order chi connectivity index (χ1) is 33.6. The van der Waals surface area contributed by atoms with Crippen molar-refractivity contribution >= 4 is 113 Å². The van der Waals surface area contributed by atoms with E-state index in [1.165, 1.54) is 74.3 Å². The summed E-state index contributed by atoms with van der Waals surface area (Å²) in [6.45, 7) is 6.38. The van der Waals surface area contributed by atoms with Crippen molar-refractivity contribution in [1.82, 2.24) is 19.1 Å². The molecule has 0 aliphatic heterocycles. The molecule has 0 radical (unpaired) electrons. The Morgan fingerprint density at radius 3 is 2.04 bits per heavy atom. The van der Waals surface area contributed by atoms with Gasteiger partial charge in [-0.05, 0) is 101 Å². The van der Waals surface area contributed by atoms with Crippen molar-refractivity contribution in [3.05, 3.63) is 236 Å². The maximum atomic E-state index is 5.48. The van der Waals surface area contributed by atoms with E-state index < -0.39 is 0 Å². The quantitative estimate of drug-likeness (QED) is 0.156. The molecule has 0 saturated carbocycles. The normalized spacial score (nSPS) is 12.3. The number of para-hydroxylation sites is 3. The highest BCUT2D eigenvalue weighted by Gasteiger charge is 2.22. The van der Waals surface area contributed by atoms with Crippen LogP contribution in [-0.4, -0.2) is 19.1 Å². The van der Waals surface area contributed by atoms with Crippen molar-refractivity contribution in [2.45, 2.75) is 6.92 Å². The predicted octanol–water partition coefficient (Wildman–Crippen LogP) is 17.1. The van der Waals surface area contributed by atoms with Gasteiger partial charge in [0.2, 0.25) is 0 Å². The van der Waals surface area contributed by atoms with E-state index in [1.807, 2.05) is 17.4 Å². The summed E-state index contributed by atoms with van der Waals surface area (Å²) in [4.78, 5) is 10.7. The van der Waals surface area contributed by atoms with Crippen LogP contribution in [0, 0.1) is 6.92 Å². The van der Waals surface area contributed by atoms with Crippen LogP contribution in [0.15, 0.2) is 219 Å². The van der Waals surface area contributed by atoms with Crippen molar-refractivity contribution in [3.8, 4) is 22.6 Å². The van der Waals surface area contributed by atoms with E-state index in [1.54, 1.807) is 0 Å². The van der Waals surface area contributed by atoms with Crippen molar-refractivity contribution in [2.24, 2.45) is 0 Å². The number of allylic oxidation sites excluding steroid dienone is 2. The van der Waals surface area contributed by atoms with Gasteiger partial charge in [-0.2, -0.15) is 0 Å². The maximum absolute atomic E-state index is 5.48. The average molecular weight is 885 g/mol. The summed E-state index contributed by atoms with van der Waals surface area (Å²) in [6, 6.07) is 72.8. The van der Waals surface area contributed by atoms with Crippen LogP contribution in [0.1, 0.15) is 17.0 Å². The molecular formula is C63H40N4S. The Hall–Kier alpha value is -8.64. The van der Waals surface area contributed by atoms with Crippen molar-refractivity contribution in [1.29, 1.82) is 0 Å². The molecule has 14 aromatic rings. The van der Waals surface area contributed by atoms with E-state index in [-0.39, 0.29) is 0 Å².